The first-order valence-corrected chi connectivity index (χ1v) is 11.9. The predicted molar refractivity (Wildman–Crippen MR) is 126 cm³/mol. The smallest absolute Gasteiger partial charge is 0.250 e. The Bertz CT molecular complexity index is 790. The molecule has 7 heteroatoms. The molecule has 0 aromatic heterocycles. The lowest BCUT2D eigenvalue weighted by atomic mass is 9.82. The van der Waals surface area contributed by atoms with E-state index < -0.39 is 5.54 Å². The van der Waals surface area contributed by atoms with E-state index in [0.29, 0.717) is 42.1 Å². The molecule has 2 fully saturated rings. The van der Waals surface area contributed by atoms with Crippen LogP contribution in [0, 0.1) is 5.92 Å². The number of hydrogen-bond acceptors (Lipinski definition) is 5. The summed E-state index contributed by atoms with van der Waals surface area (Å²) in [5, 5.41) is 3.01. The molecule has 3 atom stereocenters. The molecule has 1 N–H and O–H groups in total. The van der Waals surface area contributed by atoms with Crippen molar-refractivity contribution in [1.82, 2.24) is 9.80 Å². The summed E-state index contributed by atoms with van der Waals surface area (Å²) in [4.78, 5) is 30.8. The second-order valence-electron chi connectivity index (χ2n) is 9.31. The molecule has 2 aliphatic heterocycles. The quantitative estimate of drug-likeness (QED) is 0.657. The Balaban J connectivity index is 1.81. The standard InChI is InChI=1S/C25H39N3O4/c1-6-25(3,24(30)26-20-14-21(31-4)16-22(15-20)32-5)28(18(2)29)17-19-10-9-13-27-12-8-7-11-23(19)27/h14-16,19,23H,6-13,17H2,1-5H3,(H,26,30)/t19-,23-,25-/m0/s1. The number of hydrogen-bond donors (Lipinski definition) is 1. The van der Waals surface area contributed by atoms with Gasteiger partial charge in [-0.25, -0.2) is 0 Å². The summed E-state index contributed by atoms with van der Waals surface area (Å²) in [6, 6.07) is 5.80. The third kappa shape index (κ3) is 5.20. The van der Waals surface area contributed by atoms with Crippen molar-refractivity contribution >= 4 is 17.5 Å². The monoisotopic (exact) mass is 445 g/mol. The van der Waals surface area contributed by atoms with Gasteiger partial charge in [0.15, 0.2) is 0 Å². The summed E-state index contributed by atoms with van der Waals surface area (Å²) in [6.45, 7) is 8.36. The zero-order valence-electron chi connectivity index (χ0n) is 20.3. The molecular weight excluding hydrogens is 406 g/mol. The third-order valence-corrected chi connectivity index (χ3v) is 7.41. The number of carbonyl (C=O) groups excluding carboxylic acids is 2. The van der Waals surface area contributed by atoms with E-state index in [1.165, 1.54) is 19.3 Å². The molecule has 3 rings (SSSR count). The minimum Gasteiger partial charge on any atom is -0.497 e. The van der Waals surface area contributed by atoms with Gasteiger partial charge < -0.3 is 24.6 Å². The molecule has 2 amide bonds. The largest absolute Gasteiger partial charge is 0.497 e. The summed E-state index contributed by atoms with van der Waals surface area (Å²) in [6.07, 6.45) is 6.50. The highest BCUT2D eigenvalue weighted by molar-refractivity contribution is 6.00. The fourth-order valence-electron chi connectivity index (χ4n) is 5.32. The highest BCUT2D eigenvalue weighted by Gasteiger charge is 2.43. The van der Waals surface area contributed by atoms with E-state index in [4.69, 9.17) is 9.47 Å². The van der Waals surface area contributed by atoms with E-state index in [1.807, 2.05) is 18.7 Å². The Morgan fingerprint density at radius 2 is 1.75 bits per heavy atom. The van der Waals surface area contributed by atoms with Crippen molar-refractivity contribution in [2.24, 2.45) is 5.92 Å². The van der Waals surface area contributed by atoms with Crippen LogP contribution in [-0.2, 0) is 9.59 Å². The number of ether oxygens (including phenoxy) is 2. The highest BCUT2D eigenvalue weighted by atomic mass is 16.5. The van der Waals surface area contributed by atoms with Crippen LogP contribution >= 0.6 is 0 Å². The molecule has 1 aromatic carbocycles. The van der Waals surface area contributed by atoms with Gasteiger partial charge in [0.05, 0.1) is 14.2 Å². The van der Waals surface area contributed by atoms with Crippen LogP contribution in [0.15, 0.2) is 18.2 Å². The molecule has 2 aliphatic rings. The average Bonchev–Trinajstić information content (AvgIpc) is 2.81. The highest BCUT2D eigenvalue weighted by Crippen LogP contribution is 2.34. The van der Waals surface area contributed by atoms with Crippen molar-refractivity contribution in [2.45, 2.75) is 70.9 Å². The van der Waals surface area contributed by atoms with Crippen LogP contribution in [-0.4, -0.2) is 67.0 Å². The lowest BCUT2D eigenvalue weighted by Gasteiger charge is -2.48. The molecule has 178 valence electrons. The van der Waals surface area contributed by atoms with Crippen LogP contribution in [0.2, 0.25) is 0 Å². The van der Waals surface area contributed by atoms with Gasteiger partial charge in [0, 0.05) is 43.4 Å². The van der Waals surface area contributed by atoms with Gasteiger partial charge in [0.25, 0.3) is 0 Å². The first-order valence-electron chi connectivity index (χ1n) is 11.9. The van der Waals surface area contributed by atoms with E-state index in [0.717, 1.165) is 25.9 Å². The maximum atomic E-state index is 13.5. The van der Waals surface area contributed by atoms with Crippen LogP contribution in [0.4, 0.5) is 5.69 Å². The second kappa shape index (κ2) is 10.6. The topological polar surface area (TPSA) is 71.1 Å². The summed E-state index contributed by atoms with van der Waals surface area (Å²) < 4.78 is 10.7. The summed E-state index contributed by atoms with van der Waals surface area (Å²) in [5.74, 6) is 1.35. The fraction of sp³-hybridized carbons (Fsp3) is 0.680. The van der Waals surface area contributed by atoms with E-state index in [2.05, 4.69) is 10.2 Å². The van der Waals surface area contributed by atoms with Crippen LogP contribution in [0.1, 0.15) is 59.3 Å². The molecule has 0 radical (unpaired) electrons. The van der Waals surface area contributed by atoms with E-state index in [9.17, 15) is 9.59 Å². The van der Waals surface area contributed by atoms with E-state index >= 15 is 0 Å². The first kappa shape index (κ1) is 24.4. The number of rotatable bonds is 8. The van der Waals surface area contributed by atoms with Crippen molar-refractivity contribution < 1.29 is 19.1 Å². The Morgan fingerprint density at radius 3 is 2.34 bits per heavy atom. The first-order chi connectivity index (χ1) is 15.3. The Morgan fingerprint density at radius 1 is 1.09 bits per heavy atom. The number of amides is 2. The van der Waals surface area contributed by atoms with Crippen molar-refractivity contribution in [3.05, 3.63) is 18.2 Å². The predicted octanol–water partition coefficient (Wildman–Crippen LogP) is 3.92. The molecule has 2 saturated heterocycles. The SMILES string of the molecule is CC[C@@](C)(C(=O)Nc1cc(OC)cc(OC)c1)N(C[C@@H]1CCCN2CCCC[C@@H]12)C(C)=O. The maximum absolute atomic E-state index is 13.5. The van der Waals surface area contributed by atoms with Crippen LogP contribution in [0.3, 0.4) is 0 Å². The van der Waals surface area contributed by atoms with E-state index in [1.54, 1.807) is 39.3 Å². The lowest BCUT2D eigenvalue weighted by Crippen LogP contribution is -2.60. The zero-order valence-corrected chi connectivity index (χ0v) is 20.3. The Kier molecular flexibility index (Phi) is 8.04. The van der Waals surface area contributed by atoms with Gasteiger partial charge in [-0.1, -0.05) is 13.3 Å². The number of nitrogens with zero attached hydrogens (tertiary/aromatic N) is 2. The minimum absolute atomic E-state index is 0.0549. The second-order valence-corrected chi connectivity index (χ2v) is 9.31. The summed E-state index contributed by atoms with van der Waals surface area (Å²) >= 11 is 0. The van der Waals surface area contributed by atoms with Crippen molar-refractivity contribution in [3.8, 4) is 11.5 Å². The molecule has 0 aliphatic carbocycles. The molecule has 32 heavy (non-hydrogen) atoms. The molecule has 0 spiro atoms. The molecule has 0 bridgehead atoms. The molecule has 7 nitrogen and oxygen atoms in total. The molecule has 1 aromatic rings. The van der Waals surface area contributed by atoms with Gasteiger partial charge in [-0.05, 0) is 58.0 Å². The maximum Gasteiger partial charge on any atom is 0.250 e. The molecule has 0 unspecified atom stereocenters. The molecule has 2 heterocycles. The molecular formula is C25H39N3O4. The number of methoxy groups -OCH3 is 2. The van der Waals surface area contributed by atoms with Crippen molar-refractivity contribution in [2.75, 3.05) is 39.2 Å². The number of fused-ring (bicyclic) bond motifs is 1. The van der Waals surface area contributed by atoms with Gasteiger partial charge in [-0.3, -0.25) is 9.59 Å². The van der Waals surface area contributed by atoms with Crippen LogP contribution in [0.25, 0.3) is 0 Å². The van der Waals surface area contributed by atoms with Crippen molar-refractivity contribution in [1.29, 1.82) is 0 Å². The van der Waals surface area contributed by atoms with Gasteiger partial charge in [-0.2, -0.15) is 0 Å². The van der Waals surface area contributed by atoms with Gasteiger partial charge in [0.1, 0.15) is 17.0 Å². The number of carbonyl (C=O) groups is 2. The number of benzene rings is 1. The van der Waals surface area contributed by atoms with Crippen molar-refractivity contribution in [3.63, 3.8) is 0 Å². The van der Waals surface area contributed by atoms with Crippen LogP contribution < -0.4 is 14.8 Å². The Labute approximate surface area is 192 Å². The van der Waals surface area contributed by atoms with Crippen LogP contribution in [0.5, 0.6) is 11.5 Å². The number of piperidine rings is 2. The number of anilines is 1. The lowest BCUT2D eigenvalue weighted by molar-refractivity contribution is -0.145. The average molecular weight is 446 g/mol. The fourth-order valence-corrected chi connectivity index (χ4v) is 5.32. The van der Waals surface area contributed by atoms with Gasteiger partial charge >= 0.3 is 0 Å². The summed E-state index contributed by atoms with van der Waals surface area (Å²) in [5.41, 5.74) is -0.357. The van der Waals surface area contributed by atoms with Gasteiger partial charge in [0.2, 0.25) is 11.8 Å². The number of nitrogens with one attached hydrogen (secondary N) is 1. The normalized spacial score (nSPS) is 22.9. The van der Waals surface area contributed by atoms with Gasteiger partial charge in [-0.15, -0.1) is 0 Å². The minimum atomic E-state index is -0.945. The third-order valence-electron chi connectivity index (χ3n) is 7.41. The van der Waals surface area contributed by atoms with E-state index in [-0.39, 0.29) is 11.8 Å². The Hall–Kier alpha value is -2.28. The zero-order chi connectivity index (χ0) is 23.3. The molecule has 0 saturated carbocycles. The summed E-state index contributed by atoms with van der Waals surface area (Å²) in [7, 11) is 3.15.